The minimum absolute atomic E-state index is 0.234. The predicted octanol–water partition coefficient (Wildman–Crippen LogP) is 3.26. The van der Waals surface area contributed by atoms with Crippen molar-refractivity contribution in [2.75, 3.05) is 6.54 Å². The zero-order valence-corrected chi connectivity index (χ0v) is 12.0. The van der Waals surface area contributed by atoms with E-state index in [4.69, 9.17) is 0 Å². The number of para-hydroxylation sites is 1. The predicted molar refractivity (Wildman–Crippen MR) is 81.5 cm³/mol. The molecule has 0 aliphatic heterocycles. The Bertz CT molecular complexity index is 602. The fraction of sp³-hybridized carbons (Fsp3) is 0.471. The third kappa shape index (κ3) is 2.58. The van der Waals surface area contributed by atoms with Crippen molar-refractivity contribution in [1.82, 2.24) is 10.3 Å². The van der Waals surface area contributed by atoms with Gasteiger partial charge in [-0.3, -0.25) is 4.79 Å². The largest absolute Gasteiger partial charge is 0.361 e. The molecule has 3 nitrogen and oxygen atoms in total. The number of aromatic amines is 1. The number of amides is 1. The van der Waals surface area contributed by atoms with Crippen LogP contribution in [-0.4, -0.2) is 17.4 Å². The van der Waals surface area contributed by atoms with Gasteiger partial charge >= 0.3 is 0 Å². The van der Waals surface area contributed by atoms with Crippen LogP contribution in [0, 0.1) is 11.8 Å². The maximum atomic E-state index is 12.1. The van der Waals surface area contributed by atoms with Crippen molar-refractivity contribution < 1.29 is 4.79 Å². The quantitative estimate of drug-likeness (QED) is 0.880. The summed E-state index contributed by atoms with van der Waals surface area (Å²) >= 11 is 0. The Kier molecular flexibility index (Phi) is 3.77. The van der Waals surface area contributed by atoms with E-state index < -0.39 is 0 Å². The highest BCUT2D eigenvalue weighted by molar-refractivity contribution is 5.83. The van der Waals surface area contributed by atoms with E-state index in [2.05, 4.69) is 41.6 Å². The second kappa shape index (κ2) is 5.70. The number of benzene rings is 1. The molecule has 1 amide bonds. The van der Waals surface area contributed by atoms with Gasteiger partial charge in [0, 0.05) is 29.6 Å². The molecule has 2 N–H and O–H groups in total. The van der Waals surface area contributed by atoms with Crippen LogP contribution < -0.4 is 5.32 Å². The second-order valence-corrected chi connectivity index (χ2v) is 5.92. The summed E-state index contributed by atoms with van der Waals surface area (Å²) < 4.78 is 0. The molecule has 1 aromatic carbocycles. The number of fused-ring (bicyclic) bond motifs is 1. The van der Waals surface area contributed by atoms with Crippen LogP contribution in [0.3, 0.4) is 0 Å². The Balaban J connectivity index is 1.56. The SMILES string of the molecule is CC1CCCC1C(=O)NCCc1c[nH]c2ccccc12. The van der Waals surface area contributed by atoms with Gasteiger partial charge in [-0.15, -0.1) is 0 Å². The van der Waals surface area contributed by atoms with Gasteiger partial charge in [-0.1, -0.05) is 31.5 Å². The molecule has 2 atom stereocenters. The summed E-state index contributed by atoms with van der Waals surface area (Å²) in [4.78, 5) is 15.4. The van der Waals surface area contributed by atoms with Crippen molar-refractivity contribution in [3.63, 3.8) is 0 Å². The molecule has 1 aliphatic rings. The Morgan fingerprint density at radius 2 is 2.20 bits per heavy atom. The molecule has 3 rings (SSSR count). The highest BCUT2D eigenvalue weighted by Gasteiger charge is 2.29. The fourth-order valence-corrected chi connectivity index (χ4v) is 3.32. The lowest BCUT2D eigenvalue weighted by Gasteiger charge is -2.14. The van der Waals surface area contributed by atoms with E-state index in [9.17, 15) is 4.79 Å². The average Bonchev–Trinajstić information content (AvgIpc) is 3.05. The maximum absolute atomic E-state index is 12.1. The van der Waals surface area contributed by atoms with Crippen molar-refractivity contribution in [1.29, 1.82) is 0 Å². The summed E-state index contributed by atoms with van der Waals surface area (Å²) in [7, 11) is 0. The number of carbonyl (C=O) groups is 1. The van der Waals surface area contributed by atoms with E-state index in [1.54, 1.807) is 0 Å². The van der Waals surface area contributed by atoms with Gasteiger partial charge in [-0.05, 0) is 36.8 Å². The molecule has 0 bridgehead atoms. The molecular weight excluding hydrogens is 248 g/mol. The summed E-state index contributed by atoms with van der Waals surface area (Å²) in [5.41, 5.74) is 2.44. The van der Waals surface area contributed by atoms with Crippen LogP contribution in [0.2, 0.25) is 0 Å². The lowest BCUT2D eigenvalue weighted by atomic mass is 9.97. The molecule has 1 aromatic heterocycles. The second-order valence-electron chi connectivity index (χ2n) is 5.92. The summed E-state index contributed by atoms with van der Waals surface area (Å²) in [6, 6.07) is 8.30. The Morgan fingerprint density at radius 1 is 1.35 bits per heavy atom. The summed E-state index contributed by atoms with van der Waals surface area (Å²) in [5, 5.41) is 4.37. The van der Waals surface area contributed by atoms with Gasteiger partial charge in [0.1, 0.15) is 0 Å². The molecule has 2 unspecified atom stereocenters. The third-order valence-corrected chi connectivity index (χ3v) is 4.57. The van der Waals surface area contributed by atoms with Gasteiger partial charge in [0.2, 0.25) is 5.91 Å². The van der Waals surface area contributed by atoms with Crippen LogP contribution >= 0.6 is 0 Å². The molecule has 2 aromatic rings. The van der Waals surface area contributed by atoms with Gasteiger partial charge in [-0.2, -0.15) is 0 Å². The maximum Gasteiger partial charge on any atom is 0.223 e. The standard InChI is InChI=1S/C17H22N2O/c1-12-5-4-7-14(12)17(20)18-10-9-13-11-19-16-8-3-2-6-15(13)16/h2-3,6,8,11-12,14,19H,4-5,7,9-10H2,1H3,(H,18,20). The van der Waals surface area contributed by atoms with Crippen LogP contribution in [0.25, 0.3) is 10.9 Å². The molecular formula is C17H22N2O. The van der Waals surface area contributed by atoms with Crippen molar-refractivity contribution in [2.45, 2.75) is 32.6 Å². The van der Waals surface area contributed by atoms with Crippen molar-refractivity contribution in [3.8, 4) is 0 Å². The molecule has 0 saturated heterocycles. The van der Waals surface area contributed by atoms with Crippen LogP contribution in [0.4, 0.5) is 0 Å². The number of carbonyl (C=O) groups excluding carboxylic acids is 1. The number of rotatable bonds is 4. The smallest absolute Gasteiger partial charge is 0.223 e. The van der Waals surface area contributed by atoms with Gasteiger partial charge in [0.25, 0.3) is 0 Å². The zero-order valence-electron chi connectivity index (χ0n) is 12.0. The minimum Gasteiger partial charge on any atom is -0.361 e. The molecule has 1 saturated carbocycles. The molecule has 106 valence electrons. The first-order chi connectivity index (χ1) is 9.75. The average molecular weight is 270 g/mol. The van der Waals surface area contributed by atoms with E-state index in [1.807, 2.05) is 6.07 Å². The van der Waals surface area contributed by atoms with Crippen molar-refractivity contribution in [2.24, 2.45) is 11.8 Å². The number of nitrogens with one attached hydrogen (secondary N) is 2. The van der Waals surface area contributed by atoms with Crippen LogP contribution in [0.5, 0.6) is 0 Å². The molecule has 0 spiro atoms. The zero-order chi connectivity index (χ0) is 13.9. The Morgan fingerprint density at radius 3 is 3.00 bits per heavy atom. The fourth-order valence-electron chi connectivity index (χ4n) is 3.32. The molecule has 20 heavy (non-hydrogen) atoms. The highest BCUT2D eigenvalue weighted by atomic mass is 16.1. The van der Waals surface area contributed by atoms with E-state index in [1.165, 1.54) is 29.3 Å². The van der Waals surface area contributed by atoms with Crippen LogP contribution in [-0.2, 0) is 11.2 Å². The van der Waals surface area contributed by atoms with E-state index in [-0.39, 0.29) is 11.8 Å². The lowest BCUT2D eigenvalue weighted by molar-refractivity contribution is -0.125. The number of hydrogen-bond donors (Lipinski definition) is 2. The first-order valence-electron chi connectivity index (χ1n) is 7.58. The van der Waals surface area contributed by atoms with Crippen molar-refractivity contribution >= 4 is 16.8 Å². The Hall–Kier alpha value is -1.77. The molecule has 1 fully saturated rings. The summed E-state index contributed by atoms with van der Waals surface area (Å²) in [6.45, 7) is 2.92. The molecule has 3 heteroatoms. The minimum atomic E-state index is 0.234. The van der Waals surface area contributed by atoms with E-state index in [0.717, 1.165) is 19.4 Å². The summed E-state index contributed by atoms with van der Waals surface area (Å²) in [5.74, 6) is 1.02. The highest BCUT2D eigenvalue weighted by Crippen LogP contribution is 2.31. The number of aromatic nitrogens is 1. The van der Waals surface area contributed by atoms with Crippen LogP contribution in [0.15, 0.2) is 30.5 Å². The van der Waals surface area contributed by atoms with Gasteiger partial charge in [-0.25, -0.2) is 0 Å². The number of hydrogen-bond acceptors (Lipinski definition) is 1. The van der Waals surface area contributed by atoms with Gasteiger partial charge in [0.05, 0.1) is 0 Å². The molecule has 0 radical (unpaired) electrons. The lowest BCUT2D eigenvalue weighted by Crippen LogP contribution is -2.33. The number of H-pyrrole nitrogens is 1. The first kappa shape index (κ1) is 13.2. The van der Waals surface area contributed by atoms with E-state index >= 15 is 0 Å². The van der Waals surface area contributed by atoms with Crippen molar-refractivity contribution in [3.05, 3.63) is 36.0 Å². The topological polar surface area (TPSA) is 44.9 Å². The van der Waals surface area contributed by atoms with E-state index in [0.29, 0.717) is 5.92 Å². The first-order valence-corrected chi connectivity index (χ1v) is 7.58. The molecule has 1 aliphatic carbocycles. The summed E-state index contributed by atoms with van der Waals surface area (Å²) in [6.07, 6.45) is 6.38. The Labute approximate surface area is 119 Å². The van der Waals surface area contributed by atoms with Crippen LogP contribution in [0.1, 0.15) is 31.7 Å². The normalized spacial score (nSPS) is 22.2. The van der Waals surface area contributed by atoms with Gasteiger partial charge < -0.3 is 10.3 Å². The van der Waals surface area contributed by atoms with Gasteiger partial charge in [0.15, 0.2) is 0 Å². The molecule has 1 heterocycles. The third-order valence-electron chi connectivity index (χ3n) is 4.57. The monoisotopic (exact) mass is 270 g/mol.